The molecule has 0 spiro atoms. The van der Waals surface area contributed by atoms with Gasteiger partial charge in [-0.15, -0.1) is 0 Å². The second-order valence-corrected chi connectivity index (χ2v) is 8.86. The van der Waals surface area contributed by atoms with Crippen molar-refractivity contribution < 1.29 is 27.1 Å². The first-order chi connectivity index (χ1) is 17.7. The SMILES string of the molecule is Nc1ncnn2c(-c3ccc(F)c(C(=O)NCC4CCCOC4c4ccccc4)c3)cc(C(F)(F)F)c12. The molecule has 0 saturated carbocycles. The normalized spacial score (nSPS) is 18.2. The summed E-state index contributed by atoms with van der Waals surface area (Å²) in [4.78, 5) is 16.6. The maximum absolute atomic E-state index is 14.7. The van der Waals surface area contributed by atoms with E-state index >= 15 is 0 Å². The number of rotatable bonds is 5. The number of anilines is 1. The molecule has 2 atom stereocenters. The molecule has 2 aromatic heterocycles. The van der Waals surface area contributed by atoms with Crippen molar-refractivity contribution >= 4 is 17.2 Å². The van der Waals surface area contributed by atoms with Crippen LogP contribution in [0.5, 0.6) is 0 Å². The minimum Gasteiger partial charge on any atom is -0.382 e. The van der Waals surface area contributed by atoms with Crippen LogP contribution in [-0.4, -0.2) is 33.7 Å². The lowest BCUT2D eigenvalue weighted by molar-refractivity contribution is -0.136. The minimum absolute atomic E-state index is 0.00435. The molecule has 0 aliphatic carbocycles. The highest BCUT2D eigenvalue weighted by Gasteiger charge is 2.36. The van der Waals surface area contributed by atoms with Gasteiger partial charge in [-0.25, -0.2) is 13.9 Å². The van der Waals surface area contributed by atoms with Gasteiger partial charge in [-0.05, 0) is 42.7 Å². The van der Waals surface area contributed by atoms with Crippen molar-refractivity contribution in [2.75, 3.05) is 18.9 Å². The fourth-order valence-electron chi connectivity index (χ4n) is 4.73. The number of hydrogen-bond acceptors (Lipinski definition) is 5. The van der Waals surface area contributed by atoms with Crippen LogP contribution in [0.25, 0.3) is 16.8 Å². The Hall–Kier alpha value is -3.99. The number of amides is 1. The Labute approximate surface area is 209 Å². The second kappa shape index (κ2) is 9.81. The van der Waals surface area contributed by atoms with Crippen molar-refractivity contribution in [3.63, 3.8) is 0 Å². The number of nitrogen functional groups attached to an aromatic ring is 1. The fourth-order valence-corrected chi connectivity index (χ4v) is 4.73. The lowest BCUT2D eigenvalue weighted by Gasteiger charge is -2.32. The Morgan fingerprint density at radius 3 is 2.70 bits per heavy atom. The third kappa shape index (κ3) is 4.86. The summed E-state index contributed by atoms with van der Waals surface area (Å²) in [5.74, 6) is -1.85. The Kier molecular flexibility index (Phi) is 6.55. The summed E-state index contributed by atoms with van der Waals surface area (Å²) >= 11 is 0. The molecule has 1 amide bonds. The molecule has 11 heteroatoms. The van der Waals surface area contributed by atoms with Gasteiger partial charge < -0.3 is 15.8 Å². The zero-order valence-electron chi connectivity index (χ0n) is 19.5. The topological polar surface area (TPSA) is 94.5 Å². The van der Waals surface area contributed by atoms with Crippen LogP contribution in [0.1, 0.15) is 40.4 Å². The number of alkyl halides is 3. The number of aromatic nitrogens is 3. The number of hydrogen-bond donors (Lipinski definition) is 2. The van der Waals surface area contributed by atoms with Gasteiger partial charge in [0, 0.05) is 24.6 Å². The largest absolute Gasteiger partial charge is 0.418 e. The van der Waals surface area contributed by atoms with Gasteiger partial charge in [-0.1, -0.05) is 30.3 Å². The van der Waals surface area contributed by atoms with Gasteiger partial charge in [-0.2, -0.15) is 18.3 Å². The predicted octanol–water partition coefficient (Wildman–Crippen LogP) is 5.03. The standard InChI is InChI=1S/C26H23F4N5O2/c27-20-9-8-16(21-12-19(26(28,29)30)22-24(31)33-14-34-35(21)22)11-18(20)25(36)32-13-17-7-4-10-37-23(17)15-5-2-1-3-6-15/h1-3,5-6,8-9,11-12,14,17,23H,4,7,10,13H2,(H,32,36)(H2,31,33,34). The van der Waals surface area contributed by atoms with Gasteiger partial charge in [0.2, 0.25) is 0 Å². The summed E-state index contributed by atoms with van der Waals surface area (Å²) in [6.07, 6.45) is -2.25. The first kappa shape index (κ1) is 24.7. The van der Waals surface area contributed by atoms with Crippen molar-refractivity contribution in [2.45, 2.75) is 25.1 Å². The van der Waals surface area contributed by atoms with Crippen molar-refractivity contribution in [3.05, 3.63) is 83.4 Å². The molecule has 3 heterocycles. The van der Waals surface area contributed by atoms with E-state index in [9.17, 15) is 22.4 Å². The number of ether oxygens (including phenoxy) is 1. The molecule has 0 bridgehead atoms. The van der Waals surface area contributed by atoms with E-state index in [-0.39, 0.29) is 41.2 Å². The van der Waals surface area contributed by atoms with Crippen molar-refractivity contribution in [1.29, 1.82) is 0 Å². The molecule has 2 unspecified atom stereocenters. The zero-order chi connectivity index (χ0) is 26.2. The van der Waals surface area contributed by atoms with Crippen LogP contribution in [0, 0.1) is 11.7 Å². The summed E-state index contributed by atoms with van der Waals surface area (Å²) in [5.41, 5.74) is 5.13. The van der Waals surface area contributed by atoms with E-state index in [4.69, 9.17) is 10.5 Å². The quantitative estimate of drug-likeness (QED) is 0.365. The van der Waals surface area contributed by atoms with Crippen molar-refractivity contribution in [3.8, 4) is 11.3 Å². The molecule has 3 N–H and O–H groups in total. The average molecular weight is 513 g/mol. The molecular weight excluding hydrogens is 490 g/mol. The van der Waals surface area contributed by atoms with Crippen LogP contribution < -0.4 is 11.1 Å². The third-order valence-corrected chi connectivity index (χ3v) is 6.49. The summed E-state index contributed by atoms with van der Waals surface area (Å²) in [6, 6.07) is 14.0. The molecule has 1 aliphatic heterocycles. The Morgan fingerprint density at radius 2 is 1.95 bits per heavy atom. The van der Waals surface area contributed by atoms with Gasteiger partial charge in [0.15, 0.2) is 5.82 Å². The smallest absolute Gasteiger partial charge is 0.382 e. The Morgan fingerprint density at radius 1 is 1.16 bits per heavy atom. The molecule has 1 fully saturated rings. The number of nitrogens with zero attached hydrogens (tertiary/aromatic N) is 3. The highest BCUT2D eigenvalue weighted by Crippen LogP contribution is 2.39. The van der Waals surface area contributed by atoms with Gasteiger partial charge in [0.05, 0.1) is 22.9 Å². The van der Waals surface area contributed by atoms with E-state index in [1.165, 1.54) is 12.1 Å². The van der Waals surface area contributed by atoms with Crippen LogP contribution >= 0.6 is 0 Å². The molecule has 1 aliphatic rings. The van der Waals surface area contributed by atoms with Crippen LogP contribution in [0.15, 0.2) is 60.9 Å². The van der Waals surface area contributed by atoms with E-state index in [1.807, 2.05) is 30.3 Å². The molecule has 7 nitrogen and oxygen atoms in total. The summed E-state index contributed by atoms with van der Waals surface area (Å²) < 4.78 is 62.7. The first-order valence-corrected chi connectivity index (χ1v) is 11.7. The number of benzene rings is 2. The number of fused-ring (bicyclic) bond motifs is 1. The molecule has 37 heavy (non-hydrogen) atoms. The van der Waals surface area contributed by atoms with E-state index in [0.717, 1.165) is 41.4 Å². The van der Waals surface area contributed by atoms with Gasteiger partial charge in [0.25, 0.3) is 5.91 Å². The number of nitrogens with two attached hydrogens (primary N) is 1. The molecule has 5 rings (SSSR count). The van der Waals surface area contributed by atoms with Crippen LogP contribution in [0.4, 0.5) is 23.4 Å². The Balaban J connectivity index is 1.42. The summed E-state index contributed by atoms with van der Waals surface area (Å²) in [5, 5.41) is 6.67. The number of nitrogens with one attached hydrogen (secondary N) is 1. The minimum atomic E-state index is -4.72. The van der Waals surface area contributed by atoms with E-state index < -0.39 is 29.0 Å². The fraction of sp³-hybridized carbons (Fsp3) is 0.269. The highest BCUT2D eigenvalue weighted by atomic mass is 19.4. The third-order valence-electron chi connectivity index (χ3n) is 6.49. The van der Waals surface area contributed by atoms with Crippen LogP contribution in [-0.2, 0) is 10.9 Å². The maximum Gasteiger partial charge on any atom is 0.418 e. The van der Waals surface area contributed by atoms with Gasteiger partial charge in [0.1, 0.15) is 17.7 Å². The average Bonchev–Trinajstić information content (AvgIpc) is 3.30. The van der Waals surface area contributed by atoms with E-state index in [2.05, 4.69) is 15.4 Å². The number of halogens is 4. The summed E-state index contributed by atoms with van der Waals surface area (Å²) in [7, 11) is 0. The highest BCUT2D eigenvalue weighted by molar-refractivity contribution is 5.96. The predicted molar refractivity (Wildman–Crippen MR) is 128 cm³/mol. The van der Waals surface area contributed by atoms with Crippen molar-refractivity contribution in [1.82, 2.24) is 19.9 Å². The van der Waals surface area contributed by atoms with Gasteiger partial charge in [-0.3, -0.25) is 4.79 Å². The molecule has 1 saturated heterocycles. The molecule has 0 radical (unpaired) electrons. The van der Waals surface area contributed by atoms with Crippen molar-refractivity contribution in [2.24, 2.45) is 5.92 Å². The molecule has 2 aromatic carbocycles. The molecule has 192 valence electrons. The number of carbonyl (C=O) groups excluding carboxylic acids is 1. The number of carbonyl (C=O) groups is 1. The lowest BCUT2D eigenvalue weighted by Crippen LogP contribution is -2.35. The van der Waals surface area contributed by atoms with Gasteiger partial charge >= 0.3 is 6.18 Å². The molecular formula is C26H23F4N5O2. The first-order valence-electron chi connectivity index (χ1n) is 11.7. The summed E-state index contributed by atoms with van der Waals surface area (Å²) in [6.45, 7) is 0.859. The zero-order valence-corrected chi connectivity index (χ0v) is 19.5. The maximum atomic E-state index is 14.7. The van der Waals surface area contributed by atoms with E-state index in [1.54, 1.807) is 0 Å². The second-order valence-electron chi connectivity index (χ2n) is 8.86. The Bertz CT molecular complexity index is 1440. The lowest BCUT2D eigenvalue weighted by atomic mass is 9.89. The van der Waals surface area contributed by atoms with E-state index in [0.29, 0.717) is 6.61 Å². The monoisotopic (exact) mass is 513 g/mol. The molecule has 4 aromatic rings. The van der Waals surface area contributed by atoms with Crippen LogP contribution in [0.3, 0.4) is 0 Å². The van der Waals surface area contributed by atoms with Crippen LogP contribution in [0.2, 0.25) is 0 Å².